The first-order chi connectivity index (χ1) is 12.5. The summed E-state index contributed by atoms with van der Waals surface area (Å²) in [6, 6.07) is 8.61. The van der Waals surface area contributed by atoms with E-state index in [1.807, 2.05) is 25.9 Å². The molecule has 0 radical (unpaired) electrons. The molecule has 1 aromatic carbocycles. The van der Waals surface area contributed by atoms with Gasteiger partial charge in [-0.2, -0.15) is 0 Å². The molecular formula is C19H24N4O3. The first kappa shape index (κ1) is 19.4. The normalized spacial score (nSPS) is 10.5. The van der Waals surface area contributed by atoms with Crippen molar-refractivity contribution in [2.75, 3.05) is 39.1 Å². The third-order valence-corrected chi connectivity index (χ3v) is 3.53. The lowest BCUT2D eigenvalue weighted by molar-refractivity contribution is 0.0950. The van der Waals surface area contributed by atoms with E-state index in [4.69, 9.17) is 4.74 Å². The summed E-state index contributed by atoms with van der Waals surface area (Å²) < 4.78 is 5.37. The van der Waals surface area contributed by atoms with Gasteiger partial charge in [-0.15, -0.1) is 0 Å². The number of nitrogens with one attached hydrogen (secondary N) is 2. The van der Waals surface area contributed by atoms with Gasteiger partial charge in [0.2, 0.25) is 0 Å². The molecule has 138 valence electrons. The van der Waals surface area contributed by atoms with Gasteiger partial charge in [0.15, 0.2) is 0 Å². The Balaban J connectivity index is 1.99. The molecule has 2 amide bonds. The van der Waals surface area contributed by atoms with Crippen molar-refractivity contribution in [2.45, 2.75) is 6.92 Å². The van der Waals surface area contributed by atoms with Crippen molar-refractivity contribution in [3.05, 3.63) is 53.9 Å². The number of amides is 2. The number of rotatable bonds is 8. The Morgan fingerprint density at radius 3 is 2.35 bits per heavy atom. The molecule has 0 unspecified atom stereocenters. The zero-order valence-corrected chi connectivity index (χ0v) is 15.3. The van der Waals surface area contributed by atoms with Crippen LogP contribution >= 0.6 is 0 Å². The van der Waals surface area contributed by atoms with E-state index in [1.165, 1.54) is 18.5 Å². The van der Waals surface area contributed by atoms with Crippen molar-refractivity contribution in [1.29, 1.82) is 0 Å². The predicted octanol–water partition coefficient (Wildman–Crippen LogP) is 2.02. The molecule has 2 rings (SSSR count). The van der Waals surface area contributed by atoms with E-state index in [-0.39, 0.29) is 11.8 Å². The number of benzene rings is 1. The van der Waals surface area contributed by atoms with Gasteiger partial charge in [-0.05, 0) is 51.4 Å². The van der Waals surface area contributed by atoms with E-state index in [2.05, 4.69) is 15.6 Å². The van der Waals surface area contributed by atoms with Gasteiger partial charge in [0.05, 0.1) is 17.7 Å². The maximum atomic E-state index is 12.4. The van der Waals surface area contributed by atoms with Crippen LogP contribution in [0.5, 0.6) is 5.75 Å². The monoisotopic (exact) mass is 356 g/mol. The lowest BCUT2D eigenvalue weighted by atomic mass is 10.2. The molecule has 0 atom stereocenters. The Labute approximate surface area is 153 Å². The van der Waals surface area contributed by atoms with Crippen LogP contribution < -0.4 is 15.4 Å². The van der Waals surface area contributed by atoms with Gasteiger partial charge in [0.1, 0.15) is 5.75 Å². The van der Waals surface area contributed by atoms with Gasteiger partial charge in [-0.25, -0.2) is 0 Å². The summed E-state index contributed by atoms with van der Waals surface area (Å²) in [5.74, 6) is 0.156. The summed E-state index contributed by atoms with van der Waals surface area (Å²) in [6.45, 7) is 3.75. The minimum atomic E-state index is -0.329. The van der Waals surface area contributed by atoms with Crippen LogP contribution in [-0.4, -0.2) is 55.5 Å². The molecule has 1 heterocycles. The number of likely N-dealkylation sites (N-methyl/N-ethyl adjacent to an activating group) is 1. The number of aromatic nitrogens is 1. The van der Waals surface area contributed by atoms with Crippen molar-refractivity contribution >= 4 is 17.5 Å². The molecule has 0 fully saturated rings. The van der Waals surface area contributed by atoms with Crippen molar-refractivity contribution in [3.8, 4) is 5.75 Å². The highest BCUT2D eigenvalue weighted by Gasteiger charge is 2.11. The summed E-state index contributed by atoms with van der Waals surface area (Å²) in [7, 11) is 3.86. The maximum absolute atomic E-state index is 12.4. The highest BCUT2D eigenvalue weighted by molar-refractivity contribution is 6.05. The van der Waals surface area contributed by atoms with Crippen LogP contribution in [0.3, 0.4) is 0 Å². The molecule has 0 bridgehead atoms. The minimum absolute atomic E-state index is 0.255. The molecule has 1 aromatic heterocycles. The second kappa shape index (κ2) is 9.53. The summed E-state index contributed by atoms with van der Waals surface area (Å²) in [6.07, 6.45) is 2.87. The van der Waals surface area contributed by atoms with Gasteiger partial charge in [-0.1, -0.05) is 0 Å². The van der Waals surface area contributed by atoms with E-state index in [0.717, 1.165) is 12.3 Å². The fourth-order valence-corrected chi connectivity index (χ4v) is 2.19. The Morgan fingerprint density at radius 2 is 1.73 bits per heavy atom. The van der Waals surface area contributed by atoms with Gasteiger partial charge >= 0.3 is 0 Å². The van der Waals surface area contributed by atoms with Crippen LogP contribution in [0.2, 0.25) is 0 Å². The van der Waals surface area contributed by atoms with Crippen molar-refractivity contribution in [2.24, 2.45) is 0 Å². The Hall–Kier alpha value is -2.93. The molecule has 0 saturated carbocycles. The first-order valence-electron chi connectivity index (χ1n) is 8.41. The molecular weight excluding hydrogens is 332 g/mol. The van der Waals surface area contributed by atoms with Crippen LogP contribution in [0.1, 0.15) is 27.6 Å². The summed E-state index contributed by atoms with van der Waals surface area (Å²) in [5, 5.41) is 5.58. The molecule has 7 heteroatoms. The average Bonchev–Trinajstić information content (AvgIpc) is 2.63. The van der Waals surface area contributed by atoms with Crippen molar-refractivity contribution in [3.63, 3.8) is 0 Å². The third kappa shape index (κ3) is 5.86. The van der Waals surface area contributed by atoms with Gasteiger partial charge < -0.3 is 20.3 Å². The maximum Gasteiger partial charge on any atom is 0.257 e. The highest BCUT2D eigenvalue weighted by atomic mass is 16.5. The van der Waals surface area contributed by atoms with E-state index in [1.54, 1.807) is 24.3 Å². The van der Waals surface area contributed by atoms with E-state index >= 15 is 0 Å². The SMILES string of the molecule is CCOc1ccc(NC(=O)c2cncc(C(=O)NCCN(C)C)c2)cc1. The van der Waals surface area contributed by atoms with Crippen LogP contribution in [-0.2, 0) is 0 Å². The van der Waals surface area contributed by atoms with Crippen LogP contribution in [0.15, 0.2) is 42.7 Å². The van der Waals surface area contributed by atoms with Crippen LogP contribution in [0.4, 0.5) is 5.69 Å². The number of nitrogens with zero attached hydrogens (tertiary/aromatic N) is 2. The molecule has 26 heavy (non-hydrogen) atoms. The van der Waals surface area contributed by atoms with Gasteiger partial charge in [0.25, 0.3) is 11.8 Å². The van der Waals surface area contributed by atoms with Gasteiger partial charge in [0, 0.05) is 31.2 Å². The summed E-state index contributed by atoms with van der Waals surface area (Å²) in [4.78, 5) is 30.5. The van der Waals surface area contributed by atoms with Crippen LogP contribution in [0, 0.1) is 0 Å². The molecule has 0 aliphatic rings. The minimum Gasteiger partial charge on any atom is -0.494 e. The molecule has 2 N–H and O–H groups in total. The zero-order chi connectivity index (χ0) is 18.9. The molecule has 7 nitrogen and oxygen atoms in total. The largest absolute Gasteiger partial charge is 0.494 e. The lowest BCUT2D eigenvalue weighted by Crippen LogP contribution is -2.31. The molecule has 2 aromatic rings. The number of anilines is 1. The fourth-order valence-electron chi connectivity index (χ4n) is 2.19. The predicted molar refractivity (Wildman–Crippen MR) is 101 cm³/mol. The third-order valence-electron chi connectivity index (χ3n) is 3.53. The zero-order valence-electron chi connectivity index (χ0n) is 15.3. The van der Waals surface area contributed by atoms with E-state index < -0.39 is 0 Å². The summed E-state index contributed by atoms with van der Waals surface area (Å²) in [5.41, 5.74) is 1.31. The Morgan fingerprint density at radius 1 is 1.08 bits per heavy atom. The standard InChI is InChI=1S/C19H24N4O3/c1-4-26-17-7-5-16(6-8-17)22-19(25)15-11-14(12-20-13-15)18(24)21-9-10-23(2)3/h5-8,11-13H,4,9-10H2,1-3H3,(H,21,24)(H,22,25). The van der Waals surface area contributed by atoms with Crippen molar-refractivity contribution < 1.29 is 14.3 Å². The molecule has 0 spiro atoms. The molecule has 0 saturated heterocycles. The highest BCUT2D eigenvalue weighted by Crippen LogP contribution is 2.16. The van der Waals surface area contributed by atoms with E-state index in [9.17, 15) is 9.59 Å². The number of pyridine rings is 1. The first-order valence-corrected chi connectivity index (χ1v) is 8.41. The average molecular weight is 356 g/mol. The number of carbonyl (C=O) groups is 2. The quantitative estimate of drug-likeness (QED) is 0.756. The van der Waals surface area contributed by atoms with Crippen molar-refractivity contribution in [1.82, 2.24) is 15.2 Å². The molecule has 0 aliphatic heterocycles. The Kier molecular flexibility index (Phi) is 7.11. The number of carbonyl (C=O) groups excluding carboxylic acids is 2. The fraction of sp³-hybridized carbons (Fsp3) is 0.316. The number of hydrogen-bond donors (Lipinski definition) is 2. The topological polar surface area (TPSA) is 83.6 Å². The lowest BCUT2D eigenvalue weighted by Gasteiger charge is -2.11. The van der Waals surface area contributed by atoms with Crippen LogP contribution in [0.25, 0.3) is 0 Å². The van der Waals surface area contributed by atoms with Gasteiger partial charge in [-0.3, -0.25) is 14.6 Å². The Bertz CT molecular complexity index is 745. The number of hydrogen-bond acceptors (Lipinski definition) is 5. The smallest absolute Gasteiger partial charge is 0.257 e. The second-order valence-electron chi connectivity index (χ2n) is 5.93. The molecule has 0 aliphatic carbocycles. The second-order valence-corrected chi connectivity index (χ2v) is 5.93. The van der Waals surface area contributed by atoms with E-state index in [0.29, 0.717) is 30.0 Å². The number of ether oxygens (including phenoxy) is 1. The summed E-state index contributed by atoms with van der Waals surface area (Å²) >= 11 is 0.